The van der Waals surface area contributed by atoms with Crippen LogP contribution in [0, 0.1) is 0 Å². The maximum atomic E-state index is 10.2. The zero-order valence-corrected chi connectivity index (χ0v) is 14.0. The van der Waals surface area contributed by atoms with Crippen LogP contribution in [-0.2, 0) is 15.9 Å². The van der Waals surface area contributed by atoms with Gasteiger partial charge in [0.2, 0.25) is 5.79 Å². The highest BCUT2D eigenvalue weighted by Crippen LogP contribution is 2.29. The number of ether oxygens (including phenoxy) is 4. The fourth-order valence-electron chi connectivity index (χ4n) is 2.62. The third kappa shape index (κ3) is 3.93. The number of aliphatic hydroxyl groups excluding tert-OH is 1. The van der Waals surface area contributed by atoms with Crippen molar-refractivity contribution in [3.05, 3.63) is 47.6 Å². The van der Waals surface area contributed by atoms with Gasteiger partial charge in [0.1, 0.15) is 17.6 Å². The van der Waals surface area contributed by atoms with Gasteiger partial charge in [0.05, 0.1) is 14.2 Å². The summed E-state index contributed by atoms with van der Waals surface area (Å²) in [5, 5.41) is 10.2. The molecule has 5 heteroatoms. The van der Waals surface area contributed by atoms with Gasteiger partial charge in [-0.15, -0.1) is 0 Å². The number of aryl methyl sites for hydroxylation is 1. The highest BCUT2D eigenvalue weighted by molar-refractivity contribution is 5.39. The molecule has 0 saturated heterocycles. The Hall–Kier alpha value is -1.82. The van der Waals surface area contributed by atoms with Crippen LogP contribution in [0.4, 0.5) is 0 Å². The van der Waals surface area contributed by atoms with E-state index < -0.39 is 11.9 Å². The molecule has 1 unspecified atom stereocenters. The van der Waals surface area contributed by atoms with Crippen LogP contribution in [0.3, 0.4) is 0 Å². The van der Waals surface area contributed by atoms with Gasteiger partial charge in [-0.3, -0.25) is 0 Å². The van der Waals surface area contributed by atoms with E-state index in [0.29, 0.717) is 0 Å². The molecule has 0 radical (unpaired) electrons. The summed E-state index contributed by atoms with van der Waals surface area (Å²) in [4.78, 5) is 0. The summed E-state index contributed by atoms with van der Waals surface area (Å²) in [7, 11) is 6.30. The second-order valence-corrected chi connectivity index (χ2v) is 5.37. The molecule has 1 aromatic carbocycles. The van der Waals surface area contributed by atoms with E-state index in [1.807, 2.05) is 24.3 Å². The van der Waals surface area contributed by atoms with E-state index in [4.69, 9.17) is 18.9 Å². The average Bonchev–Trinajstić information content (AvgIpc) is 2.60. The molecule has 0 spiro atoms. The lowest BCUT2D eigenvalue weighted by atomic mass is 9.94. The van der Waals surface area contributed by atoms with Crippen molar-refractivity contribution in [1.29, 1.82) is 0 Å². The number of benzene rings is 1. The fourth-order valence-corrected chi connectivity index (χ4v) is 2.62. The molecule has 2 rings (SSSR count). The third-order valence-electron chi connectivity index (χ3n) is 4.07. The Labute approximate surface area is 137 Å². The number of aliphatic hydroxyl groups is 1. The summed E-state index contributed by atoms with van der Waals surface area (Å²) in [6.45, 7) is 0. The Kier molecular flexibility index (Phi) is 5.82. The van der Waals surface area contributed by atoms with Gasteiger partial charge in [-0.1, -0.05) is 6.08 Å². The largest absolute Gasteiger partial charge is 0.497 e. The van der Waals surface area contributed by atoms with Gasteiger partial charge in [0.25, 0.3) is 0 Å². The maximum Gasteiger partial charge on any atom is 0.218 e. The first-order chi connectivity index (χ1) is 11.1. The van der Waals surface area contributed by atoms with Crippen LogP contribution in [0.1, 0.15) is 12.0 Å². The Morgan fingerprint density at radius 1 is 0.957 bits per heavy atom. The van der Waals surface area contributed by atoms with Gasteiger partial charge in [-0.2, -0.15) is 0 Å². The Morgan fingerprint density at radius 3 is 2.04 bits per heavy atom. The van der Waals surface area contributed by atoms with E-state index in [0.717, 1.165) is 35.5 Å². The first-order valence-corrected chi connectivity index (χ1v) is 7.47. The first-order valence-electron chi connectivity index (χ1n) is 7.47. The zero-order valence-electron chi connectivity index (χ0n) is 14.0. The van der Waals surface area contributed by atoms with Gasteiger partial charge < -0.3 is 24.1 Å². The van der Waals surface area contributed by atoms with E-state index in [-0.39, 0.29) is 0 Å². The SMILES string of the molecule is COc1cc(CCC2=CC(O)C(OC)(OC)C=C2)cc(OC)c1. The van der Waals surface area contributed by atoms with Crippen molar-refractivity contribution in [1.82, 2.24) is 0 Å². The second kappa shape index (κ2) is 7.64. The standard InChI is InChI=1S/C18H24O5/c1-20-15-9-14(10-16(12-15)21-2)6-5-13-7-8-18(22-3,23-4)17(19)11-13/h7-12,17,19H,5-6H2,1-4H3. The van der Waals surface area contributed by atoms with Gasteiger partial charge in [-0.05, 0) is 48.3 Å². The first kappa shape index (κ1) is 17.5. The zero-order chi connectivity index (χ0) is 16.9. The maximum absolute atomic E-state index is 10.2. The predicted octanol–water partition coefficient (Wildman–Crippen LogP) is 2.48. The van der Waals surface area contributed by atoms with E-state index in [9.17, 15) is 5.11 Å². The van der Waals surface area contributed by atoms with Crippen LogP contribution in [0.5, 0.6) is 11.5 Å². The van der Waals surface area contributed by atoms with Crippen molar-refractivity contribution >= 4 is 0 Å². The average molecular weight is 320 g/mol. The molecular weight excluding hydrogens is 296 g/mol. The molecule has 0 amide bonds. The van der Waals surface area contributed by atoms with E-state index >= 15 is 0 Å². The lowest BCUT2D eigenvalue weighted by molar-refractivity contribution is -0.214. The normalized spacial score (nSPS) is 19.3. The molecule has 0 bridgehead atoms. The second-order valence-electron chi connectivity index (χ2n) is 5.37. The number of methoxy groups -OCH3 is 4. The van der Waals surface area contributed by atoms with Crippen molar-refractivity contribution in [2.75, 3.05) is 28.4 Å². The van der Waals surface area contributed by atoms with Crippen LogP contribution in [0.15, 0.2) is 42.0 Å². The minimum Gasteiger partial charge on any atom is -0.497 e. The predicted molar refractivity (Wildman–Crippen MR) is 87.8 cm³/mol. The van der Waals surface area contributed by atoms with Crippen molar-refractivity contribution < 1.29 is 24.1 Å². The lowest BCUT2D eigenvalue weighted by Gasteiger charge is -2.33. The molecule has 0 aliphatic heterocycles. The lowest BCUT2D eigenvalue weighted by Crippen LogP contribution is -2.44. The molecule has 1 atom stereocenters. The summed E-state index contributed by atoms with van der Waals surface area (Å²) in [5.74, 6) is 0.443. The molecule has 0 aromatic heterocycles. The van der Waals surface area contributed by atoms with Crippen LogP contribution >= 0.6 is 0 Å². The Bertz CT molecular complexity index is 565. The molecule has 0 fully saturated rings. The molecule has 1 aliphatic carbocycles. The molecule has 1 aromatic rings. The van der Waals surface area contributed by atoms with Crippen molar-refractivity contribution in [3.8, 4) is 11.5 Å². The summed E-state index contributed by atoms with van der Waals surface area (Å²) in [6.07, 6.45) is 6.20. The number of hydrogen-bond donors (Lipinski definition) is 1. The van der Waals surface area contributed by atoms with Gasteiger partial charge >= 0.3 is 0 Å². The van der Waals surface area contributed by atoms with Crippen LogP contribution in [0.25, 0.3) is 0 Å². The van der Waals surface area contributed by atoms with Crippen LogP contribution < -0.4 is 9.47 Å². The number of rotatable bonds is 7. The summed E-state index contributed by atoms with van der Waals surface area (Å²) >= 11 is 0. The van der Waals surface area contributed by atoms with Gasteiger partial charge in [0, 0.05) is 20.3 Å². The quantitative estimate of drug-likeness (QED) is 0.782. The fraction of sp³-hybridized carbons (Fsp3) is 0.444. The molecule has 5 nitrogen and oxygen atoms in total. The highest BCUT2D eigenvalue weighted by atomic mass is 16.7. The molecule has 0 saturated carbocycles. The summed E-state index contributed by atoms with van der Waals surface area (Å²) < 4.78 is 21.1. The van der Waals surface area contributed by atoms with Crippen molar-refractivity contribution in [2.45, 2.75) is 24.7 Å². The monoisotopic (exact) mass is 320 g/mol. The van der Waals surface area contributed by atoms with Crippen LogP contribution in [0.2, 0.25) is 0 Å². The molecule has 0 heterocycles. The highest BCUT2D eigenvalue weighted by Gasteiger charge is 2.36. The molecule has 23 heavy (non-hydrogen) atoms. The number of hydrogen-bond acceptors (Lipinski definition) is 5. The minimum absolute atomic E-state index is 0.769. The topological polar surface area (TPSA) is 57.2 Å². The summed E-state index contributed by atoms with van der Waals surface area (Å²) in [5.41, 5.74) is 2.14. The minimum atomic E-state index is -1.09. The van der Waals surface area contributed by atoms with Gasteiger partial charge in [0.15, 0.2) is 0 Å². The van der Waals surface area contributed by atoms with Crippen molar-refractivity contribution in [2.24, 2.45) is 0 Å². The van der Waals surface area contributed by atoms with E-state index in [2.05, 4.69) is 0 Å². The molecule has 1 N–H and O–H groups in total. The van der Waals surface area contributed by atoms with E-state index in [1.54, 1.807) is 26.4 Å². The molecule has 1 aliphatic rings. The summed E-state index contributed by atoms with van der Waals surface area (Å²) in [6, 6.07) is 5.82. The number of allylic oxidation sites excluding steroid dienone is 2. The molecule has 126 valence electrons. The van der Waals surface area contributed by atoms with Crippen LogP contribution in [-0.4, -0.2) is 45.4 Å². The Balaban J connectivity index is 2.06. The van der Waals surface area contributed by atoms with Gasteiger partial charge in [-0.25, -0.2) is 0 Å². The van der Waals surface area contributed by atoms with E-state index in [1.165, 1.54) is 14.2 Å². The smallest absolute Gasteiger partial charge is 0.218 e. The Morgan fingerprint density at radius 2 is 1.57 bits per heavy atom. The van der Waals surface area contributed by atoms with Crippen molar-refractivity contribution in [3.63, 3.8) is 0 Å². The molecular formula is C18H24O5. The third-order valence-corrected chi connectivity index (χ3v) is 4.07.